The number of hydrogen-bond acceptors (Lipinski definition) is 3. The largest absolute Gasteiger partial charge is 0.490 e. The molecule has 25 heavy (non-hydrogen) atoms. The Morgan fingerprint density at radius 2 is 1.76 bits per heavy atom. The Balaban J connectivity index is 1.55. The average Bonchev–Trinajstić information content (AvgIpc) is 2.60. The van der Waals surface area contributed by atoms with Crippen LogP contribution in [-0.2, 0) is 4.74 Å². The number of alkyl halides is 3. The van der Waals surface area contributed by atoms with E-state index in [1.54, 1.807) is 4.90 Å². The minimum atomic E-state index is -1.59. The zero-order valence-corrected chi connectivity index (χ0v) is 15.7. The summed E-state index contributed by atoms with van der Waals surface area (Å²) >= 11 is 16.8. The van der Waals surface area contributed by atoms with Crippen molar-refractivity contribution in [3.8, 4) is 5.75 Å². The molecule has 1 amide bonds. The molecule has 0 unspecified atom stereocenters. The van der Waals surface area contributed by atoms with E-state index in [1.165, 1.54) is 0 Å². The van der Waals surface area contributed by atoms with Gasteiger partial charge in [0.2, 0.25) is 3.79 Å². The van der Waals surface area contributed by atoms with Crippen LogP contribution in [0.15, 0.2) is 42.5 Å². The third kappa shape index (κ3) is 5.06. The number of carbonyl (C=O) groups is 1. The third-order valence-electron chi connectivity index (χ3n) is 4.10. The summed E-state index contributed by atoms with van der Waals surface area (Å²) in [6.07, 6.45) is 1.05. The number of nitrogens with zero attached hydrogens (tertiary/aromatic N) is 1. The molecule has 1 fully saturated rings. The van der Waals surface area contributed by atoms with E-state index in [9.17, 15) is 4.79 Å². The maximum absolute atomic E-state index is 12.0. The van der Waals surface area contributed by atoms with Crippen molar-refractivity contribution in [2.75, 3.05) is 19.7 Å². The van der Waals surface area contributed by atoms with Crippen molar-refractivity contribution >= 4 is 51.7 Å². The Labute approximate surface area is 161 Å². The molecule has 2 aromatic carbocycles. The smallest absolute Gasteiger partial charge is 0.409 e. The molecule has 0 radical (unpaired) electrons. The summed E-state index contributed by atoms with van der Waals surface area (Å²) in [5.74, 6) is 0.871. The summed E-state index contributed by atoms with van der Waals surface area (Å²) < 4.78 is 9.58. The normalized spacial score (nSPS) is 16.0. The summed E-state index contributed by atoms with van der Waals surface area (Å²) in [5.41, 5.74) is 0. The third-order valence-corrected chi connectivity index (χ3v) is 4.43. The number of carbonyl (C=O) groups excluding carboxylic acids is 1. The van der Waals surface area contributed by atoms with Gasteiger partial charge in [0.25, 0.3) is 0 Å². The second-order valence-electron chi connectivity index (χ2n) is 5.95. The van der Waals surface area contributed by atoms with Gasteiger partial charge in [-0.05, 0) is 11.5 Å². The predicted octanol–water partition coefficient (Wildman–Crippen LogP) is 5.19. The second-order valence-corrected chi connectivity index (χ2v) is 8.47. The molecular formula is C18H18Cl3NO3. The van der Waals surface area contributed by atoms with Gasteiger partial charge in [-0.1, -0.05) is 71.2 Å². The molecule has 0 saturated carbocycles. The zero-order valence-electron chi connectivity index (χ0n) is 13.5. The molecular weight excluding hydrogens is 385 g/mol. The van der Waals surface area contributed by atoms with E-state index in [2.05, 4.69) is 12.1 Å². The van der Waals surface area contributed by atoms with Gasteiger partial charge in [-0.3, -0.25) is 0 Å². The van der Waals surface area contributed by atoms with Gasteiger partial charge >= 0.3 is 6.09 Å². The van der Waals surface area contributed by atoms with E-state index in [-0.39, 0.29) is 12.7 Å². The van der Waals surface area contributed by atoms with Crippen molar-refractivity contribution in [3.63, 3.8) is 0 Å². The molecule has 2 aromatic rings. The number of fused-ring (bicyclic) bond motifs is 1. The minimum Gasteiger partial charge on any atom is -0.490 e. The molecule has 1 aliphatic heterocycles. The predicted molar refractivity (Wildman–Crippen MR) is 101 cm³/mol. The monoisotopic (exact) mass is 401 g/mol. The highest BCUT2D eigenvalue weighted by atomic mass is 35.6. The van der Waals surface area contributed by atoms with Crippen LogP contribution in [0, 0.1) is 0 Å². The van der Waals surface area contributed by atoms with Crippen molar-refractivity contribution < 1.29 is 14.3 Å². The number of amides is 1. The van der Waals surface area contributed by atoms with Gasteiger partial charge in [-0.25, -0.2) is 4.79 Å². The molecule has 3 rings (SSSR count). The molecule has 1 saturated heterocycles. The lowest BCUT2D eigenvalue weighted by atomic mass is 10.1. The Kier molecular flexibility index (Phi) is 5.82. The van der Waals surface area contributed by atoms with E-state index < -0.39 is 9.89 Å². The van der Waals surface area contributed by atoms with E-state index >= 15 is 0 Å². The Hall–Kier alpha value is -1.36. The van der Waals surface area contributed by atoms with Crippen molar-refractivity contribution in [3.05, 3.63) is 42.5 Å². The number of halogens is 3. The lowest BCUT2D eigenvalue weighted by Gasteiger charge is -2.32. The minimum absolute atomic E-state index is 0.0584. The Morgan fingerprint density at radius 1 is 1.08 bits per heavy atom. The van der Waals surface area contributed by atoms with E-state index in [0.717, 1.165) is 29.4 Å². The van der Waals surface area contributed by atoms with Crippen LogP contribution in [0.4, 0.5) is 4.79 Å². The molecule has 0 spiro atoms. The van der Waals surface area contributed by atoms with Crippen molar-refractivity contribution in [1.82, 2.24) is 4.90 Å². The number of rotatable bonds is 3. The Bertz CT molecular complexity index is 734. The molecule has 0 aliphatic carbocycles. The lowest BCUT2D eigenvalue weighted by molar-refractivity contribution is 0.0690. The van der Waals surface area contributed by atoms with Crippen molar-refractivity contribution in [2.24, 2.45) is 0 Å². The first-order valence-electron chi connectivity index (χ1n) is 8.05. The highest BCUT2D eigenvalue weighted by molar-refractivity contribution is 6.67. The number of likely N-dealkylation sites (tertiary alicyclic amines) is 1. The summed E-state index contributed by atoms with van der Waals surface area (Å²) in [6.45, 7) is 0.838. The molecule has 0 N–H and O–H groups in total. The Morgan fingerprint density at radius 3 is 2.48 bits per heavy atom. The van der Waals surface area contributed by atoms with Crippen LogP contribution in [0.5, 0.6) is 5.75 Å². The standard InChI is InChI=1S/C18H18Cl3NO3/c19-18(20,21)12-24-17(23)22-10-8-14(9-11-22)25-16-7-3-5-13-4-1-2-6-15(13)16/h1-7,14H,8-12H2. The topological polar surface area (TPSA) is 38.8 Å². The van der Waals surface area contributed by atoms with Crippen molar-refractivity contribution in [1.29, 1.82) is 0 Å². The number of piperidine rings is 1. The number of ether oxygens (including phenoxy) is 2. The van der Waals surface area contributed by atoms with Crippen LogP contribution >= 0.6 is 34.8 Å². The second kappa shape index (κ2) is 7.90. The van der Waals surface area contributed by atoms with Gasteiger partial charge in [0.05, 0.1) is 0 Å². The molecule has 7 heteroatoms. The quantitative estimate of drug-likeness (QED) is 0.663. The summed E-state index contributed by atoms with van der Waals surface area (Å²) in [7, 11) is 0. The molecule has 1 aliphatic rings. The summed E-state index contributed by atoms with van der Waals surface area (Å²) in [6, 6.07) is 14.1. The lowest BCUT2D eigenvalue weighted by Crippen LogP contribution is -2.42. The van der Waals surface area contributed by atoms with Gasteiger partial charge in [0.1, 0.15) is 18.5 Å². The van der Waals surface area contributed by atoms with E-state index in [0.29, 0.717) is 13.1 Å². The SMILES string of the molecule is O=C(OCC(Cl)(Cl)Cl)N1CCC(Oc2cccc3ccccc23)CC1. The first-order valence-corrected chi connectivity index (χ1v) is 9.19. The summed E-state index contributed by atoms with van der Waals surface area (Å²) in [4.78, 5) is 13.6. The number of hydrogen-bond donors (Lipinski definition) is 0. The molecule has 134 valence electrons. The first kappa shape index (κ1) is 18.4. The van der Waals surface area contributed by atoms with Gasteiger partial charge in [-0.2, -0.15) is 0 Å². The van der Waals surface area contributed by atoms with Gasteiger partial charge in [0.15, 0.2) is 0 Å². The maximum Gasteiger partial charge on any atom is 0.409 e. The van der Waals surface area contributed by atoms with Crippen LogP contribution in [0.3, 0.4) is 0 Å². The average molecular weight is 403 g/mol. The van der Waals surface area contributed by atoms with Crippen LogP contribution in [-0.4, -0.2) is 40.6 Å². The molecule has 4 nitrogen and oxygen atoms in total. The van der Waals surface area contributed by atoms with Crippen LogP contribution in [0.25, 0.3) is 10.8 Å². The summed E-state index contributed by atoms with van der Waals surface area (Å²) in [5, 5.41) is 2.24. The fourth-order valence-corrected chi connectivity index (χ4v) is 3.03. The fourth-order valence-electron chi connectivity index (χ4n) is 2.87. The molecule has 1 heterocycles. The highest BCUT2D eigenvalue weighted by Crippen LogP contribution is 2.29. The van der Waals surface area contributed by atoms with Gasteiger partial charge in [-0.15, -0.1) is 0 Å². The first-order chi connectivity index (χ1) is 11.9. The van der Waals surface area contributed by atoms with Crippen molar-refractivity contribution in [2.45, 2.75) is 22.7 Å². The molecule has 0 aromatic heterocycles. The number of benzene rings is 2. The molecule has 0 bridgehead atoms. The zero-order chi connectivity index (χ0) is 17.9. The van der Waals surface area contributed by atoms with E-state index in [4.69, 9.17) is 44.3 Å². The van der Waals surface area contributed by atoms with Gasteiger partial charge in [0, 0.05) is 31.3 Å². The fraction of sp³-hybridized carbons (Fsp3) is 0.389. The highest BCUT2D eigenvalue weighted by Gasteiger charge is 2.28. The van der Waals surface area contributed by atoms with E-state index in [1.807, 2.05) is 30.3 Å². The van der Waals surface area contributed by atoms with Crippen LogP contribution in [0.1, 0.15) is 12.8 Å². The molecule has 0 atom stereocenters. The van der Waals surface area contributed by atoms with Crippen LogP contribution < -0.4 is 4.74 Å². The maximum atomic E-state index is 12.0. The van der Waals surface area contributed by atoms with Crippen LogP contribution in [0.2, 0.25) is 0 Å². The van der Waals surface area contributed by atoms with Gasteiger partial charge < -0.3 is 14.4 Å².